The molecule has 0 aromatic carbocycles. The molecule has 1 atom stereocenters. The van der Waals surface area contributed by atoms with Crippen LogP contribution in [0.25, 0.3) is 5.82 Å². The van der Waals surface area contributed by atoms with Gasteiger partial charge in [0.15, 0.2) is 5.82 Å². The van der Waals surface area contributed by atoms with Crippen LogP contribution in [0.3, 0.4) is 0 Å². The highest BCUT2D eigenvalue weighted by molar-refractivity contribution is 5.95. The van der Waals surface area contributed by atoms with Crippen molar-refractivity contribution in [2.75, 3.05) is 6.54 Å². The molecule has 0 spiro atoms. The lowest BCUT2D eigenvalue weighted by Gasteiger charge is -2.31. The fourth-order valence-corrected chi connectivity index (χ4v) is 2.44. The lowest BCUT2D eigenvalue weighted by molar-refractivity contribution is 0.0898. The second kappa shape index (κ2) is 6.65. The van der Waals surface area contributed by atoms with Crippen LogP contribution in [0, 0.1) is 5.92 Å². The molecule has 0 aliphatic carbocycles. The summed E-state index contributed by atoms with van der Waals surface area (Å²) < 4.78 is 1.51. The van der Waals surface area contributed by atoms with E-state index < -0.39 is 5.54 Å². The van der Waals surface area contributed by atoms with Gasteiger partial charge in [0, 0.05) is 23.8 Å². The summed E-state index contributed by atoms with van der Waals surface area (Å²) in [6.07, 6.45) is 5.35. The molecule has 0 saturated carbocycles. The smallest absolute Gasteiger partial charge is 0.251 e. The van der Waals surface area contributed by atoms with Crippen molar-refractivity contribution >= 4 is 5.91 Å². The largest absolute Gasteiger partial charge is 0.346 e. The Morgan fingerprint density at radius 1 is 1.50 bits per heavy atom. The maximum atomic E-state index is 12.5. The molecule has 0 fully saturated rings. The number of nitrogens with two attached hydrogens (primary N) is 1. The van der Waals surface area contributed by atoms with E-state index in [1.807, 2.05) is 6.92 Å². The summed E-state index contributed by atoms with van der Waals surface area (Å²) in [6.45, 7) is 6.56. The highest BCUT2D eigenvalue weighted by Gasteiger charge is 2.26. The Morgan fingerprint density at radius 2 is 2.27 bits per heavy atom. The third-order valence-electron chi connectivity index (χ3n) is 3.39. The molecule has 2 rings (SSSR count). The van der Waals surface area contributed by atoms with Crippen molar-refractivity contribution < 1.29 is 4.79 Å². The summed E-state index contributed by atoms with van der Waals surface area (Å²) >= 11 is 0. The van der Waals surface area contributed by atoms with Gasteiger partial charge in [0.2, 0.25) is 0 Å². The molecule has 7 nitrogen and oxygen atoms in total. The first kappa shape index (κ1) is 16.1. The van der Waals surface area contributed by atoms with Gasteiger partial charge in [-0.1, -0.05) is 13.8 Å². The first-order chi connectivity index (χ1) is 10.4. The number of hydrogen-bond acceptors (Lipinski definition) is 5. The van der Waals surface area contributed by atoms with Crippen LogP contribution in [-0.4, -0.2) is 37.7 Å². The molecule has 2 aromatic heterocycles. The zero-order chi connectivity index (χ0) is 16.2. The van der Waals surface area contributed by atoms with Crippen molar-refractivity contribution in [3.05, 3.63) is 36.5 Å². The second-order valence-electron chi connectivity index (χ2n) is 6.06. The van der Waals surface area contributed by atoms with Crippen molar-refractivity contribution in [2.45, 2.75) is 32.7 Å². The van der Waals surface area contributed by atoms with Crippen LogP contribution in [0.15, 0.2) is 31.0 Å². The van der Waals surface area contributed by atoms with Gasteiger partial charge >= 0.3 is 0 Å². The predicted octanol–water partition coefficient (Wildman–Crippen LogP) is 1.16. The summed E-state index contributed by atoms with van der Waals surface area (Å²) in [4.78, 5) is 20.5. The molecule has 22 heavy (non-hydrogen) atoms. The normalized spacial score (nSPS) is 13.9. The number of amides is 1. The van der Waals surface area contributed by atoms with Gasteiger partial charge in [-0.05, 0) is 31.4 Å². The number of aromatic nitrogens is 4. The Morgan fingerprint density at radius 3 is 2.86 bits per heavy atom. The Labute approximate surface area is 130 Å². The summed E-state index contributed by atoms with van der Waals surface area (Å²) in [5.41, 5.74) is 5.93. The van der Waals surface area contributed by atoms with Crippen molar-refractivity contribution in [1.82, 2.24) is 25.1 Å². The van der Waals surface area contributed by atoms with Crippen molar-refractivity contribution in [3.8, 4) is 5.82 Å². The molecule has 0 saturated heterocycles. The Balaban J connectivity index is 2.17. The van der Waals surface area contributed by atoms with E-state index in [-0.39, 0.29) is 5.91 Å². The highest BCUT2D eigenvalue weighted by Crippen LogP contribution is 2.16. The zero-order valence-electron chi connectivity index (χ0n) is 13.2. The van der Waals surface area contributed by atoms with Gasteiger partial charge in [-0.3, -0.25) is 4.79 Å². The standard InChI is InChI=1S/C15H22N6O/c1-11(2)7-15(3,8-16)20-14(22)12-4-5-18-13(6-12)21-10-17-9-19-21/h4-6,9-11H,7-8,16H2,1-3H3,(H,20,22). The predicted molar refractivity (Wildman–Crippen MR) is 83.5 cm³/mol. The zero-order valence-corrected chi connectivity index (χ0v) is 13.2. The number of hydrogen-bond donors (Lipinski definition) is 2. The number of nitrogens with zero attached hydrogens (tertiary/aromatic N) is 4. The van der Waals surface area contributed by atoms with Crippen LogP contribution < -0.4 is 11.1 Å². The van der Waals surface area contributed by atoms with Gasteiger partial charge in [-0.25, -0.2) is 14.6 Å². The van der Waals surface area contributed by atoms with Crippen LogP contribution >= 0.6 is 0 Å². The van der Waals surface area contributed by atoms with Crippen LogP contribution in [-0.2, 0) is 0 Å². The Kier molecular flexibility index (Phi) is 4.87. The molecule has 0 aliphatic rings. The molecule has 7 heteroatoms. The van der Waals surface area contributed by atoms with Crippen LogP contribution in [0.4, 0.5) is 0 Å². The number of carbonyl (C=O) groups excluding carboxylic acids is 1. The lowest BCUT2D eigenvalue weighted by atomic mass is 9.90. The van der Waals surface area contributed by atoms with Crippen LogP contribution in [0.2, 0.25) is 0 Å². The minimum Gasteiger partial charge on any atom is -0.346 e. The van der Waals surface area contributed by atoms with Gasteiger partial charge in [0.05, 0.1) is 0 Å². The van der Waals surface area contributed by atoms with E-state index in [1.165, 1.54) is 17.3 Å². The van der Waals surface area contributed by atoms with Gasteiger partial charge in [0.1, 0.15) is 12.7 Å². The average Bonchev–Trinajstić information content (AvgIpc) is 3.00. The minimum absolute atomic E-state index is 0.169. The van der Waals surface area contributed by atoms with Gasteiger partial charge in [0.25, 0.3) is 5.91 Å². The first-order valence-corrected chi connectivity index (χ1v) is 7.27. The van der Waals surface area contributed by atoms with Crippen LogP contribution in [0.5, 0.6) is 0 Å². The molecule has 0 aliphatic heterocycles. The van der Waals surface area contributed by atoms with Crippen molar-refractivity contribution in [3.63, 3.8) is 0 Å². The summed E-state index contributed by atoms with van der Waals surface area (Å²) in [7, 11) is 0. The minimum atomic E-state index is -0.429. The fourth-order valence-electron chi connectivity index (χ4n) is 2.44. The monoisotopic (exact) mass is 302 g/mol. The van der Waals surface area contributed by atoms with E-state index in [2.05, 4.69) is 34.2 Å². The SMILES string of the molecule is CC(C)CC(C)(CN)NC(=O)c1ccnc(-n2cncn2)c1. The molecular weight excluding hydrogens is 280 g/mol. The Hall–Kier alpha value is -2.28. The summed E-state index contributed by atoms with van der Waals surface area (Å²) in [6, 6.07) is 3.35. The molecule has 2 aromatic rings. The van der Waals surface area contributed by atoms with E-state index >= 15 is 0 Å². The molecule has 1 amide bonds. The maximum absolute atomic E-state index is 12.5. The highest BCUT2D eigenvalue weighted by atomic mass is 16.1. The quantitative estimate of drug-likeness (QED) is 0.834. The maximum Gasteiger partial charge on any atom is 0.251 e. The van der Waals surface area contributed by atoms with E-state index in [4.69, 9.17) is 5.73 Å². The van der Waals surface area contributed by atoms with Crippen LogP contribution in [0.1, 0.15) is 37.6 Å². The third kappa shape index (κ3) is 3.88. The first-order valence-electron chi connectivity index (χ1n) is 7.27. The number of pyridine rings is 1. The Bertz CT molecular complexity index is 625. The molecule has 0 radical (unpaired) electrons. The second-order valence-corrected chi connectivity index (χ2v) is 6.06. The summed E-state index contributed by atoms with van der Waals surface area (Å²) in [5.74, 6) is 0.817. The van der Waals surface area contributed by atoms with E-state index in [9.17, 15) is 4.79 Å². The van der Waals surface area contributed by atoms with Gasteiger partial charge in [-0.15, -0.1) is 0 Å². The average molecular weight is 302 g/mol. The third-order valence-corrected chi connectivity index (χ3v) is 3.39. The van der Waals surface area contributed by atoms with Crippen molar-refractivity contribution in [2.24, 2.45) is 11.7 Å². The molecule has 118 valence electrons. The molecule has 2 heterocycles. The number of rotatable bonds is 6. The van der Waals surface area contributed by atoms with E-state index in [1.54, 1.807) is 18.3 Å². The fraction of sp³-hybridized carbons (Fsp3) is 0.467. The van der Waals surface area contributed by atoms with E-state index in [0.717, 1.165) is 6.42 Å². The molecule has 1 unspecified atom stereocenters. The van der Waals surface area contributed by atoms with E-state index in [0.29, 0.717) is 23.8 Å². The topological polar surface area (TPSA) is 98.7 Å². The number of nitrogens with one attached hydrogen (secondary N) is 1. The molecular formula is C15H22N6O. The number of carbonyl (C=O) groups is 1. The molecule has 3 N–H and O–H groups in total. The molecule has 0 bridgehead atoms. The van der Waals surface area contributed by atoms with Gasteiger partial charge in [-0.2, -0.15) is 5.10 Å². The summed E-state index contributed by atoms with van der Waals surface area (Å²) in [5, 5.41) is 7.03. The lowest BCUT2D eigenvalue weighted by Crippen LogP contribution is -2.52. The van der Waals surface area contributed by atoms with Gasteiger partial charge < -0.3 is 11.1 Å². The van der Waals surface area contributed by atoms with Crippen molar-refractivity contribution in [1.29, 1.82) is 0 Å².